The van der Waals surface area contributed by atoms with Crippen molar-refractivity contribution in [3.05, 3.63) is 29.8 Å². The number of nitrogens with two attached hydrogens (primary N) is 1. The molecule has 1 fully saturated rings. The predicted octanol–water partition coefficient (Wildman–Crippen LogP) is 3.55. The van der Waals surface area contributed by atoms with Gasteiger partial charge < -0.3 is 10.6 Å². The molecule has 0 saturated heterocycles. The van der Waals surface area contributed by atoms with Crippen LogP contribution in [-0.4, -0.2) is 12.6 Å². The number of benzene rings is 1. The van der Waals surface area contributed by atoms with Gasteiger partial charge in [0.2, 0.25) is 0 Å². The zero-order valence-corrected chi connectivity index (χ0v) is 11.7. The highest BCUT2D eigenvalue weighted by atomic mass is 15.2. The van der Waals surface area contributed by atoms with E-state index >= 15 is 0 Å². The summed E-state index contributed by atoms with van der Waals surface area (Å²) in [6.07, 6.45) is 5.32. The maximum atomic E-state index is 5.65. The minimum atomic E-state index is 0.635. The molecule has 18 heavy (non-hydrogen) atoms. The second-order valence-corrected chi connectivity index (χ2v) is 5.65. The van der Waals surface area contributed by atoms with Crippen LogP contribution in [-0.2, 0) is 6.54 Å². The van der Waals surface area contributed by atoms with E-state index in [1.807, 2.05) is 0 Å². The van der Waals surface area contributed by atoms with Crippen LogP contribution in [0.2, 0.25) is 0 Å². The predicted molar refractivity (Wildman–Crippen MR) is 78.8 cm³/mol. The lowest BCUT2D eigenvalue weighted by Gasteiger charge is -2.28. The van der Waals surface area contributed by atoms with Crippen LogP contribution in [0.3, 0.4) is 0 Å². The molecule has 1 atom stereocenters. The summed E-state index contributed by atoms with van der Waals surface area (Å²) in [4.78, 5) is 2.60. The minimum Gasteiger partial charge on any atom is -0.368 e. The molecule has 1 aromatic rings. The molecule has 1 saturated carbocycles. The van der Waals surface area contributed by atoms with Crippen LogP contribution in [0.25, 0.3) is 0 Å². The fourth-order valence-electron chi connectivity index (χ4n) is 2.59. The first kappa shape index (κ1) is 13.4. The fourth-order valence-corrected chi connectivity index (χ4v) is 2.59. The first-order valence-electron chi connectivity index (χ1n) is 7.30. The molecule has 0 amide bonds. The minimum absolute atomic E-state index is 0.635. The van der Waals surface area contributed by atoms with Crippen LogP contribution < -0.4 is 10.6 Å². The summed E-state index contributed by atoms with van der Waals surface area (Å²) in [7, 11) is 0. The zero-order valence-electron chi connectivity index (χ0n) is 11.7. The molecule has 0 radical (unpaired) electrons. The van der Waals surface area contributed by atoms with Crippen molar-refractivity contribution in [1.82, 2.24) is 0 Å². The Labute approximate surface area is 111 Å². The van der Waals surface area contributed by atoms with Crippen molar-refractivity contribution in [1.29, 1.82) is 0 Å². The molecule has 0 heterocycles. The van der Waals surface area contributed by atoms with Gasteiger partial charge in [-0.05, 0) is 42.9 Å². The highest BCUT2D eigenvalue weighted by Crippen LogP contribution is 2.32. The Hall–Kier alpha value is -1.02. The summed E-state index contributed by atoms with van der Waals surface area (Å²) < 4.78 is 0. The van der Waals surface area contributed by atoms with E-state index in [4.69, 9.17) is 5.73 Å². The lowest BCUT2D eigenvalue weighted by Crippen LogP contribution is -2.30. The van der Waals surface area contributed by atoms with Gasteiger partial charge in [-0.1, -0.05) is 32.4 Å². The quantitative estimate of drug-likeness (QED) is 0.797. The Morgan fingerprint density at radius 1 is 1.28 bits per heavy atom. The van der Waals surface area contributed by atoms with Gasteiger partial charge in [0.25, 0.3) is 0 Å². The molecule has 0 bridgehead atoms. The first-order chi connectivity index (χ1) is 8.74. The van der Waals surface area contributed by atoms with E-state index < -0.39 is 0 Å². The van der Waals surface area contributed by atoms with Gasteiger partial charge in [-0.3, -0.25) is 0 Å². The zero-order chi connectivity index (χ0) is 13.0. The molecular formula is C16H26N2. The fraction of sp³-hybridized carbons (Fsp3) is 0.625. The first-order valence-corrected chi connectivity index (χ1v) is 7.30. The lowest BCUT2D eigenvalue weighted by molar-refractivity contribution is 0.510. The smallest absolute Gasteiger partial charge is 0.0368 e. The van der Waals surface area contributed by atoms with Gasteiger partial charge in [-0.2, -0.15) is 0 Å². The van der Waals surface area contributed by atoms with Gasteiger partial charge in [0.05, 0.1) is 0 Å². The summed E-state index contributed by atoms with van der Waals surface area (Å²) in [5, 5.41) is 0. The average molecular weight is 246 g/mol. The van der Waals surface area contributed by atoms with Crippen molar-refractivity contribution in [2.75, 3.05) is 11.4 Å². The molecule has 2 nitrogen and oxygen atoms in total. The maximum Gasteiger partial charge on any atom is 0.0368 e. The lowest BCUT2D eigenvalue weighted by atomic mass is 10.0. The van der Waals surface area contributed by atoms with Crippen LogP contribution in [0.4, 0.5) is 5.69 Å². The van der Waals surface area contributed by atoms with Gasteiger partial charge in [0.15, 0.2) is 0 Å². The molecule has 2 rings (SSSR count). The summed E-state index contributed by atoms with van der Waals surface area (Å²) in [6, 6.07) is 9.58. The Bertz CT molecular complexity index is 354. The number of hydrogen-bond acceptors (Lipinski definition) is 2. The normalized spacial score (nSPS) is 16.6. The second kappa shape index (κ2) is 6.24. The van der Waals surface area contributed by atoms with E-state index in [0.29, 0.717) is 6.54 Å². The maximum absolute atomic E-state index is 5.65. The number of anilines is 1. The third kappa shape index (κ3) is 3.49. The van der Waals surface area contributed by atoms with Crippen molar-refractivity contribution < 1.29 is 0 Å². The van der Waals surface area contributed by atoms with Crippen LogP contribution in [0.1, 0.15) is 45.1 Å². The van der Waals surface area contributed by atoms with Gasteiger partial charge in [0.1, 0.15) is 0 Å². The van der Waals surface area contributed by atoms with Gasteiger partial charge >= 0.3 is 0 Å². The molecule has 0 aliphatic heterocycles. The van der Waals surface area contributed by atoms with E-state index in [1.54, 1.807) is 0 Å². The molecule has 2 N–H and O–H groups in total. The molecule has 1 aliphatic rings. The summed E-state index contributed by atoms with van der Waals surface area (Å²) in [6.45, 7) is 6.47. The topological polar surface area (TPSA) is 29.3 Å². The average Bonchev–Trinajstić information content (AvgIpc) is 3.21. The summed E-state index contributed by atoms with van der Waals surface area (Å²) in [5.41, 5.74) is 8.25. The summed E-state index contributed by atoms with van der Waals surface area (Å²) >= 11 is 0. The monoisotopic (exact) mass is 246 g/mol. The van der Waals surface area contributed by atoms with Gasteiger partial charge in [-0.15, -0.1) is 0 Å². The standard InChI is InChI=1S/C16H26N2/c1-3-4-13(2)12-18(16-9-10-16)15-7-5-14(11-17)6-8-15/h5-8,13,16H,3-4,9-12,17H2,1-2H3. The van der Waals surface area contributed by atoms with Gasteiger partial charge in [0, 0.05) is 24.8 Å². The SMILES string of the molecule is CCCC(C)CN(c1ccc(CN)cc1)C1CC1. The highest BCUT2D eigenvalue weighted by molar-refractivity contribution is 5.49. The van der Waals surface area contributed by atoms with E-state index in [9.17, 15) is 0 Å². The van der Waals surface area contributed by atoms with E-state index in [-0.39, 0.29) is 0 Å². The molecular weight excluding hydrogens is 220 g/mol. The van der Waals surface area contributed by atoms with Crippen LogP contribution in [0, 0.1) is 5.92 Å². The third-order valence-corrected chi connectivity index (χ3v) is 3.78. The van der Waals surface area contributed by atoms with Crippen molar-refractivity contribution in [2.45, 2.75) is 52.1 Å². The van der Waals surface area contributed by atoms with Crippen molar-refractivity contribution in [3.63, 3.8) is 0 Å². The summed E-state index contributed by atoms with van der Waals surface area (Å²) in [5.74, 6) is 0.782. The van der Waals surface area contributed by atoms with Crippen molar-refractivity contribution in [3.8, 4) is 0 Å². The second-order valence-electron chi connectivity index (χ2n) is 5.65. The van der Waals surface area contributed by atoms with Crippen molar-refractivity contribution in [2.24, 2.45) is 11.7 Å². The number of nitrogens with zero attached hydrogens (tertiary/aromatic N) is 1. The van der Waals surface area contributed by atoms with E-state index in [2.05, 4.69) is 43.0 Å². The van der Waals surface area contributed by atoms with Gasteiger partial charge in [-0.25, -0.2) is 0 Å². The van der Waals surface area contributed by atoms with E-state index in [0.717, 1.165) is 12.0 Å². The highest BCUT2D eigenvalue weighted by Gasteiger charge is 2.29. The van der Waals surface area contributed by atoms with Crippen LogP contribution in [0.5, 0.6) is 0 Å². The Kier molecular flexibility index (Phi) is 4.65. The van der Waals surface area contributed by atoms with E-state index in [1.165, 1.54) is 43.5 Å². The largest absolute Gasteiger partial charge is 0.368 e. The molecule has 0 spiro atoms. The molecule has 2 heteroatoms. The third-order valence-electron chi connectivity index (χ3n) is 3.78. The van der Waals surface area contributed by atoms with Crippen LogP contribution >= 0.6 is 0 Å². The molecule has 1 aromatic carbocycles. The van der Waals surface area contributed by atoms with Crippen LogP contribution in [0.15, 0.2) is 24.3 Å². The van der Waals surface area contributed by atoms with Crippen molar-refractivity contribution >= 4 is 5.69 Å². The molecule has 1 aliphatic carbocycles. The molecule has 100 valence electrons. The number of hydrogen-bond donors (Lipinski definition) is 1. The molecule has 0 aromatic heterocycles. The Morgan fingerprint density at radius 3 is 2.44 bits per heavy atom. The molecule has 1 unspecified atom stereocenters. The Morgan fingerprint density at radius 2 is 1.94 bits per heavy atom. The Balaban J connectivity index is 2.04. The number of rotatable bonds is 7.